The highest BCUT2D eigenvalue weighted by atomic mass is 32.1. The highest BCUT2D eigenvalue weighted by Crippen LogP contribution is 2.60. The quantitative estimate of drug-likeness (QED) is 0.165. The number of fused-ring (bicyclic) bond motifs is 6. The minimum Gasteiger partial charge on any atom is -0.309 e. The number of nitrogens with zero attached hydrogens (tertiary/aromatic N) is 1. The van der Waals surface area contributed by atoms with Gasteiger partial charge in [0.05, 0.1) is 16.8 Å². The van der Waals surface area contributed by atoms with E-state index < -0.39 is 5.41 Å². The molecule has 1 heterocycles. The molecule has 0 aliphatic heterocycles. The average molecular weight is 724 g/mol. The fourth-order valence-electron chi connectivity index (χ4n) is 9.16. The standard InChI is InChI=1S/C53H41NS/c1-52(2,3)45-30-17-31-46(53(38-22-8-5-9-23-38)43-28-13-10-25-40(43)41-26-11-14-29-44(41)53)51(45)54(39-24-16-21-37(35-39)36-19-6-4-7-20-36)47-32-18-34-49-50(47)42-27-12-15-33-48(42)55-49/h4-35H,1-3H3. The molecule has 0 fully saturated rings. The van der Waals surface area contributed by atoms with Crippen LogP contribution in [0, 0.1) is 0 Å². The Labute approximate surface area is 327 Å². The van der Waals surface area contributed by atoms with Gasteiger partial charge in [0.25, 0.3) is 0 Å². The molecule has 0 bridgehead atoms. The predicted molar refractivity (Wildman–Crippen MR) is 235 cm³/mol. The summed E-state index contributed by atoms with van der Waals surface area (Å²) in [4.78, 5) is 2.61. The zero-order valence-electron chi connectivity index (χ0n) is 31.3. The smallest absolute Gasteiger partial charge is 0.0734 e. The Balaban J connectivity index is 1.40. The van der Waals surface area contributed by atoms with Crippen molar-refractivity contribution in [1.29, 1.82) is 0 Å². The Morgan fingerprint density at radius 1 is 0.473 bits per heavy atom. The highest BCUT2D eigenvalue weighted by molar-refractivity contribution is 7.26. The lowest BCUT2D eigenvalue weighted by atomic mass is 9.65. The van der Waals surface area contributed by atoms with E-state index in [1.165, 1.54) is 81.6 Å². The first-order chi connectivity index (χ1) is 26.9. The molecule has 0 saturated carbocycles. The van der Waals surface area contributed by atoms with Gasteiger partial charge in [-0.05, 0) is 85.8 Å². The summed E-state index contributed by atoms with van der Waals surface area (Å²) in [7, 11) is 0. The van der Waals surface area contributed by atoms with Gasteiger partial charge in [-0.15, -0.1) is 11.3 Å². The summed E-state index contributed by atoms with van der Waals surface area (Å²) in [5, 5.41) is 2.57. The van der Waals surface area contributed by atoms with E-state index in [-0.39, 0.29) is 5.41 Å². The lowest BCUT2D eigenvalue weighted by Crippen LogP contribution is -2.32. The van der Waals surface area contributed by atoms with Gasteiger partial charge < -0.3 is 4.90 Å². The van der Waals surface area contributed by atoms with Gasteiger partial charge in [0.15, 0.2) is 0 Å². The molecule has 0 unspecified atom stereocenters. The van der Waals surface area contributed by atoms with Crippen LogP contribution in [0.15, 0.2) is 194 Å². The summed E-state index contributed by atoms with van der Waals surface area (Å²) >= 11 is 1.87. The van der Waals surface area contributed by atoms with Crippen LogP contribution in [0.25, 0.3) is 42.4 Å². The normalized spacial score (nSPS) is 13.1. The van der Waals surface area contributed by atoms with Crippen molar-refractivity contribution in [3.05, 3.63) is 222 Å². The summed E-state index contributed by atoms with van der Waals surface area (Å²) in [6.45, 7) is 7.08. The molecule has 55 heavy (non-hydrogen) atoms. The van der Waals surface area contributed by atoms with E-state index in [1.807, 2.05) is 11.3 Å². The third-order valence-corrected chi connectivity index (χ3v) is 12.6. The molecule has 0 N–H and O–H groups in total. The van der Waals surface area contributed by atoms with Crippen LogP contribution in [-0.2, 0) is 10.8 Å². The first-order valence-corrected chi connectivity index (χ1v) is 20.0. The fourth-order valence-corrected chi connectivity index (χ4v) is 10.3. The number of benzene rings is 8. The van der Waals surface area contributed by atoms with Gasteiger partial charge in [-0.25, -0.2) is 0 Å². The zero-order chi connectivity index (χ0) is 37.1. The Morgan fingerprint density at radius 2 is 1.04 bits per heavy atom. The van der Waals surface area contributed by atoms with Gasteiger partial charge in [-0.2, -0.15) is 0 Å². The molecular weight excluding hydrogens is 683 g/mol. The maximum Gasteiger partial charge on any atom is 0.0734 e. The van der Waals surface area contributed by atoms with E-state index in [0.717, 1.165) is 5.69 Å². The summed E-state index contributed by atoms with van der Waals surface area (Å²) in [5.74, 6) is 0. The van der Waals surface area contributed by atoms with Crippen LogP contribution in [0.3, 0.4) is 0 Å². The summed E-state index contributed by atoms with van der Waals surface area (Å²) in [6.07, 6.45) is 0. The molecule has 9 aromatic rings. The summed E-state index contributed by atoms with van der Waals surface area (Å²) in [6, 6.07) is 72.1. The number of rotatable bonds is 6. The van der Waals surface area contributed by atoms with Crippen molar-refractivity contribution in [3.63, 3.8) is 0 Å². The molecule has 2 heteroatoms. The van der Waals surface area contributed by atoms with Crippen LogP contribution in [0.5, 0.6) is 0 Å². The monoisotopic (exact) mass is 723 g/mol. The minimum atomic E-state index is -0.592. The van der Waals surface area contributed by atoms with Crippen LogP contribution >= 0.6 is 11.3 Å². The minimum absolute atomic E-state index is 0.194. The van der Waals surface area contributed by atoms with Crippen LogP contribution < -0.4 is 4.90 Å². The van der Waals surface area contributed by atoms with E-state index in [2.05, 4.69) is 220 Å². The molecule has 1 aliphatic rings. The molecule has 0 amide bonds. The molecule has 264 valence electrons. The number of anilines is 3. The van der Waals surface area contributed by atoms with Gasteiger partial charge in [-0.3, -0.25) is 0 Å². The van der Waals surface area contributed by atoms with Crippen molar-refractivity contribution in [2.24, 2.45) is 0 Å². The SMILES string of the molecule is CC(C)(C)c1cccc(C2(c3ccccc3)c3ccccc3-c3ccccc32)c1N(c1cccc(-c2ccccc2)c1)c1cccc2sc3ccccc3c12. The van der Waals surface area contributed by atoms with Gasteiger partial charge in [0, 0.05) is 25.9 Å². The summed E-state index contributed by atoms with van der Waals surface area (Å²) in [5.41, 5.74) is 14.2. The maximum absolute atomic E-state index is 2.61. The van der Waals surface area contributed by atoms with Crippen LogP contribution in [0.2, 0.25) is 0 Å². The van der Waals surface area contributed by atoms with E-state index in [0.29, 0.717) is 0 Å². The second kappa shape index (κ2) is 13.0. The average Bonchev–Trinajstić information content (AvgIpc) is 3.76. The van der Waals surface area contributed by atoms with E-state index in [4.69, 9.17) is 0 Å². The van der Waals surface area contributed by atoms with Crippen molar-refractivity contribution >= 4 is 48.6 Å². The number of para-hydroxylation sites is 1. The second-order valence-electron chi connectivity index (χ2n) is 15.7. The molecule has 10 rings (SSSR count). The molecule has 0 atom stereocenters. The van der Waals surface area contributed by atoms with E-state index >= 15 is 0 Å². The molecule has 0 spiro atoms. The maximum atomic E-state index is 2.61. The fraction of sp³-hybridized carbons (Fsp3) is 0.0943. The Kier molecular flexibility index (Phi) is 7.87. The topological polar surface area (TPSA) is 3.24 Å². The number of hydrogen-bond acceptors (Lipinski definition) is 2. The molecule has 0 radical (unpaired) electrons. The number of thiophene rings is 1. The van der Waals surface area contributed by atoms with Crippen molar-refractivity contribution in [3.8, 4) is 22.3 Å². The number of hydrogen-bond donors (Lipinski definition) is 0. The van der Waals surface area contributed by atoms with Gasteiger partial charge in [0.2, 0.25) is 0 Å². The zero-order valence-corrected chi connectivity index (χ0v) is 32.1. The largest absolute Gasteiger partial charge is 0.309 e. The Hall–Kier alpha value is -6.22. The van der Waals surface area contributed by atoms with Gasteiger partial charge in [0.1, 0.15) is 0 Å². The summed E-state index contributed by atoms with van der Waals surface area (Å²) < 4.78 is 2.58. The highest BCUT2D eigenvalue weighted by Gasteiger charge is 2.48. The third kappa shape index (κ3) is 5.20. The molecular formula is C53H41NS. The molecule has 1 nitrogen and oxygen atoms in total. The van der Waals surface area contributed by atoms with Crippen LogP contribution in [0.4, 0.5) is 17.1 Å². The van der Waals surface area contributed by atoms with E-state index in [9.17, 15) is 0 Å². The molecule has 8 aromatic carbocycles. The van der Waals surface area contributed by atoms with Crippen LogP contribution in [-0.4, -0.2) is 0 Å². The second-order valence-corrected chi connectivity index (χ2v) is 16.7. The Bertz CT molecular complexity index is 2810. The van der Waals surface area contributed by atoms with Crippen molar-refractivity contribution in [2.45, 2.75) is 31.6 Å². The Morgan fingerprint density at radius 3 is 1.76 bits per heavy atom. The van der Waals surface area contributed by atoms with Gasteiger partial charge >= 0.3 is 0 Å². The first-order valence-electron chi connectivity index (χ1n) is 19.2. The third-order valence-electron chi connectivity index (χ3n) is 11.5. The molecule has 0 saturated heterocycles. The lowest BCUT2D eigenvalue weighted by molar-refractivity contribution is 0.588. The van der Waals surface area contributed by atoms with Gasteiger partial charge in [-0.1, -0.05) is 185 Å². The van der Waals surface area contributed by atoms with Crippen molar-refractivity contribution < 1.29 is 0 Å². The lowest BCUT2D eigenvalue weighted by Gasteiger charge is -2.41. The molecule has 1 aliphatic carbocycles. The van der Waals surface area contributed by atoms with Crippen molar-refractivity contribution in [1.82, 2.24) is 0 Å². The van der Waals surface area contributed by atoms with E-state index in [1.54, 1.807) is 0 Å². The molecule has 1 aromatic heterocycles. The predicted octanol–water partition coefficient (Wildman–Crippen LogP) is 14.9. The van der Waals surface area contributed by atoms with Crippen molar-refractivity contribution in [2.75, 3.05) is 4.90 Å². The first kappa shape index (κ1) is 33.4. The van der Waals surface area contributed by atoms with Crippen LogP contribution in [0.1, 0.15) is 48.6 Å².